The summed E-state index contributed by atoms with van der Waals surface area (Å²) in [6, 6.07) is 4.19. The van der Waals surface area contributed by atoms with Gasteiger partial charge in [-0.3, -0.25) is 9.48 Å². The molecule has 0 radical (unpaired) electrons. The molecule has 0 fully saturated rings. The summed E-state index contributed by atoms with van der Waals surface area (Å²) in [5, 5.41) is 9.78. The molecular weight excluding hydrogens is 306 g/mol. The number of nitrogens with one attached hydrogen (secondary N) is 1. The lowest BCUT2D eigenvalue weighted by Crippen LogP contribution is -2.33. The van der Waals surface area contributed by atoms with E-state index in [-0.39, 0.29) is 11.8 Å². The molecule has 1 aliphatic carbocycles. The molecule has 0 unspecified atom stereocenters. The van der Waals surface area contributed by atoms with Crippen LogP contribution in [0.1, 0.15) is 30.7 Å². The van der Waals surface area contributed by atoms with Gasteiger partial charge in [-0.25, -0.2) is 0 Å². The summed E-state index contributed by atoms with van der Waals surface area (Å²) in [7, 11) is 0. The van der Waals surface area contributed by atoms with Crippen molar-refractivity contribution < 1.29 is 4.79 Å². The lowest BCUT2D eigenvalue weighted by molar-refractivity contribution is -0.125. The number of carbonyl (C=O) groups excluding carboxylic acids is 1. The minimum atomic E-state index is 0.141. The highest BCUT2D eigenvalue weighted by atomic mass is 32.1. The van der Waals surface area contributed by atoms with Crippen LogP contribution in [0, 0.1) is 19.8 Å². The predicted molar refractivity (Wildman–Crippen MR) is 94.5 cm³/mol. The number of carbonyl (C=O) groups is 1. The van der Waals surface area contributed by atoms with Gasteiger partial charge in [0.1, 0.15) is 0 Å². The Bertz CT molecular complexity index is 700. The number of thiophene rings is 1. The summed E-state index contributed by atoms with van der Waals surface area (Å²) in [5.74, 6) is 0.316. The van der Waals surface area contributed by atoms with Crippen LogP contribution in [0.4, 0.5) is 0 Å². The molecule has 0 saturated heterocycles. The minimum absolute atomic E-state index is 0.141. The fraction of sp³-hybridized carbons (Fsp3) is 0.444. The van der Waals surface area contributed by atoms with Gasteiger partial charge in [0.2, 0.25) is 5.91 Å². The highest BCUT2D eigenvalue weighted by molar-refractivity contribution is 7.13. The topological polar surface area (TPSA) is 46.9 Å². The molecule has 1 aliphatic rings. The van der Waals surface area contributed by atoms with Gasteiger partial charge < -0.3 is 5.32 Å². The first kappa shape index (κ1) is 16.0. The molecule has 23 heavy (non-hydrogen) atoms. The van der Waals surface area contributed by atoms with Crippen molar-refractivity contribution in [1.29, 1.82) is 0 Å². The maximum Gasteiger partial charge on any atom is 0.223 e. The van der Waals surface area contributed by atoms with Crippen molar-refractivity contribution in [3.8, 4) is 10.4 Å². The number of aryl methyl sites for hydroxylation is 1. The zero-order valence-corrected chi connectivity index (χ0v) is 14.5. The van der Waals surface area contributed by atoms with Gasteiger partial charge in [-0.1, -0.05) is 18.2 Å². The van der Waals surface area contributed by atoms with Gasteiger partial charge in [0, 0.05) is 28.6 Å². The van der Waals surface area contributed by atoms with Crippen LogP contribution in [0.15, 0.2) is 29.7 Å². The van der Waals surface area contributed by atoms with Gasteiger partial charge in [0.05, 0.1) is 12.2 Å². The zero-order chi connectivity index (χ0) is 16.2. The molecular formula is C18H23N3OS. The van der Waals surface area contributed by atoms with E-state index in [9.17, 15) is 4.79 Å². The SMILES string of the molecule is Cc1nn(CCNC(=O)[C@@H]2CC=CCC2)c(C)c1-c1cccs1. The number of aromatic nitrogens is 2. The maximum atomic E-state index is 12.2. The molecule has 3 rings (SSSR count). The summed E-state index contributed by atoms with van der Waals surface area (Å²) in [5.41, 5.74) is 3.44. The largest absolute Gasteiger partial charge is 0.354 e. The summed E-state index contributed by atoms with van der Waals surface area (Å²) < 4.78 is 2.01. The van der Waals surface area contributed by atoms with Gasteiger partial charge in [-0.15, -0.1) is 11.3 Å². The smallest absolute Gasteiger partial charge is 0.223 e. The summed E-state index contributed by atoms with van der Waals surface area (Å²) >= 11 is 1.74. The molecule has 1 amide bonds. The number of nitrogens with zero attached hydrogens (tertiary/aromatic N) is 2. The molecule has 0 saturated carbocycles. The molecule has 5 heteroatoms. The van der Waals surface area contributed by atoms with E-state index in [1.807, 2.05) is 11.6 Å². The van der Waals surface area contributed by atoms with E-state index in [0.29, 0.717) is 13.1 Å². The molecule has 0 spiro atoms. The third kappa shape index (κ3) is 3.55. The van der Waals surface area contributed by atoms with Crippen LogP contribution in [0.5, 0.6) is 0 Å². The van der Waals surface area contributed by atoms with Crippen LogP contribution < -0.4 is 5.32 Å². The fourth-order valence-electron chi connectivity index (χ4n) is 3.15. The second-order valence-electron chi connectivity index (χ2n) is 6.02. The van der Waals surface area contributed by atoms with Crippen molar-refractivity contribution in [3.63, 3.8) is 0 Å². The van der Waals surface area contributed by atoms with Crippen molar-refractivity contribution in [2.24, 2.45) is 5.92 Å². The Kier molecular flexibility index (Phi) is 4.96. The van der Waals surface area contributed by atoms with Crippen molar-refractivity contribution in [3.05, 3.63) is 41.1 Å². The van der Waals surface area contributed by atoms with Gasteiger partial charge in [-0.2, -0.15) is 5.10 Å². The van der Waals surface area contributed by atoms with Crippen LogP contribution in [-0.2, 0) is 11.3 Å². The lowest BCUT2D eigenvalue weighted by atomic mass is 9.94. The third-order valence-electron chi connectivity index (χ3n) is 4.41. The highest BCUT2D eigenvalue weighted by Crippen LogP contribution is 2.30. The molecule has 2 aromatic heterocycles. The van der Waals surface area contributed by atoms with E-state index >= 15 is 0 Å². The Labute approximate surface area is 141 Å². The first-order valence-corrected chi connectivity index (χ1v) is 9.05. The Morgan fingerprint density at radius 3 is 3.00 bits per heavy atom. The predicted octanol–water partition coefficient (Wildman–Crippen LogP) is 3.70. The minimum Gasteiger partial charge on any atom is -0.354 e. The molecule has 2 heterocycles. The highest BCUT2D eigenvalue weighted by Gasteiger charge is 2.18. The number of hydrogen-bond donors (Lipinski definition) is 1. The molecule has 0 aliphatic heterocycles. The quantitative estimate of drug-likeness (QED) is 0.850. The number of rotatable bonds is 5. The van der Waals surface area contributed by atoms with Crippen LogP contribution in [-0.4, -0.2) is 22.2 Å². The Morgan fingerprint density at radius 2 is 2.30 bits per heavy atom. The Balaban J connectivity index is 1.60. The Hall–Kier alpha value is -1.88. The van der Waals surface area contributed by atoms with Gasteiger partial charge >= 0.3 is 0 Å². The monoisotopic (exact) mass is 329 g/mol. The van der Waals surface area contributed by atoms with Crippen molar-refractivity contribution in [2.45, 2.75) is 39.7 Å². The van der Waals surface area contributed by atoms with Crippen molar-refractivity contribution in [2.75, 3.05) is 6.54 Å². The molecule has 1 atom stereocenters. The van der Waals surface area contributed by atoms with Gasteiger partial charge in [0.25, 0.3) is 0 Å². The van der Waals surface area contributed by atoms with E-state index in [1.165, 1.54) is 16.1 Å². The number of allylic oxidation sites excluding steroid dienone is 2. The molecule has 0 bridgehead atoms. The third-order valence-corrected chi connectivity index (χ3v) is 5.30. The Morgan fingerprint density at radius 1 is 1.43 bits per heavy atom. The molecule has 1 N–H and O–H groups in total. The molecule has 4 nitrogen and oxygen atoms in total. The molecule has 0 aromatic carbocycles. The summed E-state index contributed by atoms with van der Waals surface area (Å²) in [6.07, 6.45) is 7.12. The van der Waals surface area contributed by atoms with Gasteiger partial charge in [-0.05, 0) is 44.6 Å². The van der Waals surface area contributed by atoms with Crippen LogP contribution >= 0.6 is 11.3 Å². The second kappa shape index (κ2) is 7.13. The van der Waals surface area contributed by atoms with Crippen LogP contribution in [0.25, 0.3) is 10.4 Å². The van der Waals surface area contributed by atoms with Crippen molar-refractivity contribution in [1.82, 2.24) is 15.1 Å². The maximum absolute atomic E-state index is 12.2. The van der Waals surface area contributed by atoms with Gasteiger partial charge in [0.15, 0.2) is 0 Å². The number of hydrogen-bond acceptors (Lipinski definition) is 3. The average molecular weight is 329 g/mol. The fourth-order valence-corrected chi connectivity index (χ4v) is 4.03. The van der Waals surface area contributed by atoms with E-state index in [0.717, 1.165) is 25.0 Å². The van der Waals surface area contributed by atoms with Crippen LogP contribution in [0.3, 0.4) is 0 Å². The van der Waals surface area contributed by atoms with E-state index < -0.39 is 0 Å². The molecule has 2 aromatic rings. The zero-order valence-electron chi connectivity index (χ0n) is 13.7. The first-order chi connectivity index (χ1) is 11.2. The standard InChI is InChI=1S/C18H23N3OS/c1-13-17(16-9-6-12-23-16)14(2)21(20-13)11-10-19-18(22)15-7-4-3-5-8-15/h3-4,6,9,12,15H,5,7-8,10-11H2,1-2H3,(H,19,22)/t15-/m1/s1. The van der Waals surface area contributed by atoms with E-state index in [1.54, 1.807) is 11.3 Å². The summed E-state index contributed by atoms with van der Waals surface area (Å²) in [4.78, 5) is 13.4. The first-order valence-electron chi connectivity index (χ1n) is 8.17. The summed E-state index contributed by atoms with van der Waals surface area (Å²) in [6.45, 7) is 5.49. The molecule has 122 valence electrons. The van der Waals surface area contributed by atoms with E-state index in [2.05, 4.69) is 47.0 Å². The lowest BCUT2D eigenvalue weighted by Gasteiger charge is -2.17. The van der Waals surface area contributed by atoms with E-state index in [4.69, 9.17) is 0 Å². The second-order valence-corrected chi connectivity index (χ2v) is 6.97. The van der Waals surface area contributed by atoms with Crippen molar-refractivity contribution >= 4 is 17.2 Å². The average Bonchev–Trinajstić information content (AvgIpc) is 3.17. The van der Waals surface area contributed by atoms with Crippen LogP contribution in [0.2, 0.25) is 0 Å². The number of amides is 1. The normalized spacial score (nSPS) is 17.4.